The zero-order valence-electron chi connectivity index (χ0n) is 10.2. The average Bonchev–Trinajstić information content (AvgIpc) is 2.77. The Hall–Kier alpha value is -0.880. The largest absolute Gasteiger partial charge is 0.462 e. The van der Waals surface area contributed by atoms with Gasteiger partial charge in [0.25, 0.3) is 0 Å². The van der Waals surface area contributed by atoms with E-state index < -0.39 is 0 Å². The smallest absolute Gasteiger partial charge is 0.129 e. The normalized spacial score (nSPS) is 21.9. The number of hydrogen-bond acceptors (Lipinski definition) is 5. The lowest BCUT2D eigenvalue weighted by Crippen LogP contribution is -2.44. The first-order chi connectivity index (χ1) is 8.28. The van der Waals surface area contributed by atoms with Crippen LogP contribution in [-0.2, 0) is 17.9 Å². The molecule has 1 saturated heterocycles. The average molecular weight is 240 g/mol. The molecule has 96 valence electrons. The van der Waals surface area contributed by atoms with Crippen LogP contribution in [0.15, 0.2) is 16.5 Å². The number of hydrogen-bond donors (Lipinski definition) is 2. The molecule has 2 heterocycles. The minimum Gasteiger partial charge on any atom is -0.462 e. The van der Waals surface area contributed by atoms with Gasteiger partial charge < -0.3 is 24.5 Å². The molecule has 1 atom stereocenters. The summed E-state index contributed by atoms with van der Waals surface area (Å²) >= 11 is 0. The second kappa shape index (κ2) is 6.16. The van der Waals surface area contributed by atoms with E-state index in [0.717, 1.165) is 32.0 Å². The molecule has 5 nitrogen and oxygen atoms in total. The lowest BCUT2D eigenvalue weighted by molar-refractivity contribution is -0.0183. The van der Waals surface area contributed by atoms with Crippen LogP contribution in [0.2, 0.25) is 0 Å². The first-order valence-electron chi connectivity index (χ1n) is 5.97. The number of aliphatic hydroxyl groups excluding tert-OH is 1. The van der Waals surface area contributed by atoms with Gasteiger partial charge in [-0.3, -0.25) is 0 Å². The van der Waals surface area contributed by atoms with Crippen LogP contribution in [0.5, 0.6) is 0 Å². The van der Waals surface area contributed by atoms with Crippen molar-refractivity contribution in [3.05, 3.63) is 23.7 Å². The van der Waals surface area contributed by atoms with Crippen molar-refractivity contribution in [3.63, 3.8) is 0 Å². The molecule has 0 aromatic carbocycles. The van der Waals surface area contributed by atoms with E-state index >= 15 is 0 Å². The fraction of sp³-hybridized carbons (Fsp3) is 0.667. The van der Waals surface area contributed by atoms with Crippen molar-refractivity contribution in [2.45, 2.75) is 19.3 Å². The van der Waals surface area contributed by atoms with Crippen molar-refractivity contribution >= 4 is 0 Å². The van der Waals surface area contributed by atoms with Gasteiger partial charge in [0.15, 0.2) is 0 Å². The highest BCUT2D eigenvalue weighted by Crippen LogP contribution is 2.07. The van der Waals surface area contributed by atoms with E-state index in [-0.39, 0.29) is 12.7 Å². The minimum absolute atomic E-state index is 0.0451. The Morgan fingerprint density at radius 2 is 2.29 bits per heavy atom. The number of furan rings is 1. The van der Waals surface area contributed by atoms with Gasteiger partial charge in [-0.1, -0.05) is 0 Å². The second-order valence-electron chi connectivity index (χ2n) is 4.41. The molecular formula is C12H20N2O3. The Kier molecular flexibility index (Phi) is 4.56. The van der Waals surface area contributed by atoms with Gasteiger partial charge in [-0.2, -0.15) is 0 Å². The zero-order valence-corrected chi connectivity index (χ0v) is 10.2. The SMILES string of the molecule is CN1CCOC(CNCc2ccc(CO)o2)C1. The number of ether oxygens (including phenoxy) is 1. The van der Waals surface area contributed by atoms with Crippen LogP contribution in [0.25, 0.3) is 0 Å². The summed E-state index contributed by atoms with van der Waals surface area (Å²) in [7, 11) is 2.11. The summed E-state index contributed by atoms with van der Waals surface area (Å²) < 4.78 is 11.0. The summed E-state index contributed by atoms with van der Waals surface area (Å²) in [5.41, 5.74) is 0. The first-order valence-corrected chi connectivity index (χ1v) is 5.97. The number of rotatable bonds is 5. The molecule has 1 aromatic heterocycles. The maximum absolute atomic E-state index is 8.87. The number of morpholine rings is 1. The zero-order chi connectivity index (χ0) is 12.1. The Bertz CT molecular complexity index is 340. The van der Waals surface area contributed by atoms with Gasteiger partial charge in [0.2, 0.25) is 0 Å². The van der Waals surface area contributed by atoms with Gasteiger partial charge in [0.1, 0.15) is 18.1 Å². The van der Waals surface area contributed by atoms with E-state index in [9.17, 15) is 0 Å². The predicted molar refractivity (Wildman–Crippen MR) is 63.6 cm³/mol. The summed E-state index contributed by atoms with van der Waals surface area (Å²) in [5, 5.41) is 12.2. The summed E-state index contributed by atoms with van der Waals surface area (Å²) in [4.78, 5) is 2.27. The highest BCUT2D eigenvalue weighted by molar-refractivity contribution is 5.06. The molecule has 0 aliphatic carbocycles. The van der Waals surface area contributed by atoms with Crippen molar-refractivity contribution in [3.8, 4) is 0 Å². The van der Waals surface area contributed by atoms with Crippen LogP contribution >= 0.6 is 0 Å². The molecule has 1 fully saturated rings. The van der Waals surface area contributed by atoms with Gasteiger partial charge in [-0.15, -0.1) is 0 Å². The molecule has 2 rings (SSSR count). The molecule has 1 aromatic rings. The minimum atomic E-state index is -0.0451. The van der Waals surface area contributed by atoms with E-state index in [1.165, 1.54) is 0 Å². The molecule has 0 bridgehead atoms. The van der Waals surface area contributed by atoms with Crippen molar-refractivity contribution in [1.29, 1.82) is 0 Å². The number of aliphatic hydroxyl groups is 1. The van der Waals surface area contributed by atoms with Gasteiger partial charge in [0, 0.05) is 19.6 Å². The van der Waals surface area contributed by atoms with Crippen LogP contribution in [0.1, 0.15) is 11.5 Å². The Morgan fingerprint density at radius 1 is 1.47 bits per heavy atom. The number of likely N-dealkylation sites (N-methyl/N-ethyl adjacent to an activating group) is 1. The van der Waals surface area contributed by atoms with Gasteiger partial charge in [-0.05, 0) is 19.2 Å². The number of nitrogens with one attached hydrogen (secondary N) is 1. The monoisotopic (exact) mass is 240 g/mol. The molecule has 0 amide bonds. The molecule has 2 N–H and O–H groups in total. The highest BCUT2D eigenvalue weighted by atomic mass is 16.5. The highest BCUT2D eigenvalue weighted by Gasteiger charge is 2.16. The third-order valence-corrected chi connectivity index (χ3v) is 2.89. The molecule has 1 unspecified atom stereocenters. The van der Waals surface area contributed by atoms with Crippen molar-refractivity contribution in [2.75, 3.05) is 33.3 Å². The molecule has 0 spiro atoms. The van der Waals surface area contributed by atoms with Crippen LogP contribution in [0.4, 0.5) is 0 Å². The quantitative estimate of drug-likeness (QED) is 0.769. The standard InChI is InChI=1S/C12H20N2O3/c1-14-4-5-16-12(8-14)7-13-6-10-2-3-11(9-15)17-10/h2-3,12-13,15H,4-9H2,1H3. The third-order valence-electron chi connectivity index (χ3n) is 2.89. The molecule has 1 aliphatic rings. The number of nitrogens with zero attached hydrogens (tertiary/aromatic N) is 1. The maximum atomic E-state index is 8.87. The van der Waals surface area contributed by atoms with Crippen LogP contribution < -0.4 is 5.32 Å². The van der Waals surface area contributed by atoms with Crippen LogP contribution in [-0.4, -0.2) is 49.4 Å². The molecule has 0 radical (unpaired) electrons. The lowest BCUT2D eigenvalue weighted by Gasteiger charge is -2.30. The molecule has 17 heavy (non-hydrogen) atoms. The Morgan fingerprint density at radius 3 is 3.00 bits per heavy atom. The van der Waals surface area contributed by atoms with Gasteiger partial charge in [-0.25, -0.2) is 0 Å². The third kappa shape index (κ3) is 3.81. The van der Waals surface area contributed by atoms with E-state index in [1.54, 1.807) is 6.07 Å². The molecule has 5 heteroatoms. The van der Waals surface area contributed by atoms with E-state index in [4.69, 9.17) is 14.3 Å². The van der Waals surface area contributed by atoms with Crippen molar-refractivity contribution in [2.24, 2.45) is 0 Å². The van der Waals surface area contributed by atoms with Gasteiger partial charge in [0.05, 0.1) is 19.3 Å². The topological polar surface area (TPSA) is 57.9 Å². The fourth-order valence-electron chi connectivity index (χ4n) is 1.95. The summed E-state index contributed by atoms with van der Waals surface area (Å²) in [5.74, 6) is 1.45. The van der Waals surface area contributed by atoms with Gasteiger partial charge >= 0.3 is 0 Å². The van der Waals surface area contributed by atoms with Crippen LogP contribution in [0.3, 0.4) is 0 Å². The van der Waals surface area contributed by atoms with Crippen molar-refractivity contribution in [1.82, 2.24) is 10.2 Å². The molecule has 1 aliphatic heterocycles. The molecular weight excluding hydrogens is 220 g/mol. The van der Waals surface area contributed by atoms with Crippen LogP contribution in [0, 0.1) is 0 Å². The van der Waals surface area contributed by atoms with Crippen molar-refractivity contribution < 1.29 is 14.3 Å². The first kappa shape index (κ1) is 12.6. The Labute approximate surface area is 101 Å². The fourth-order valence-corrected chi connectivity index (χ4v) is 1.95. The Balaban J connectivity index is 1.68. The second-order valence-corrected chi connectivity index (χ2v) is 4.41. The summed E-state index contributed by atoms with van der Waals surface area (Å²) in [6.45, 7) is 4.22. The van der Waals surface area contributed by atoms with E-state index in [1.807, 2.05) is 6.07 Å². The molecule has 0 saturated carbocycles. The maximum Gasteiger partial charge on any atom is 0.129 e. The predicted octanol–water partition coefficient (Wildman–Crippen LogP) is 0.192. The summed E-state index contributed by atoms with van der Waals surface area (Å²) in [6, 6.07) is 3.67. The van der Waals surface area contributed by atoms with E-state index in [2.05, 4.69) is 17.3 Å². The lowest BCUT2D eigenvalue weighted by atomic mass is 10.3. The summed E-state index contributed by atoms with van der Waals surface area (Å²) in [6.07, 6.45) is 0.251. The van der Waals surface area contributed by atoms with E-state index in [0.29, 0.717) is 12.3 Å².